The van der Waals surface area contributed by atoms with Crippen molar-refractivity contribution >= 4 is 10.0 Å². The molecule has 0 radical (unpaired) electrons. The Kier molecular flexibility index (Phi) is 5.83. The minimum atomic E-state index is -3.36. The number of rotatable bonds is 8. The molecule has 1 aromatic heterocycles. The molecule has 8 heteroatoms. The average molecular weight is 379 g/mol. The second-order valence-corrected chi connectivity index (χ2v) is 8.38. The maximum Gasteiger partial charge on any atom is 0.211 e. The number of hydrogen-bond acceptors (Lipinski definition) is 5. The molecule has 0 atom stereocenters. The second kappa shape index (κ2) is 8.09. The lowest BCUT2D eigenvalue weighted by atomic mass is 10.2. The van der Waals surface area contributed by atoms with Crippen molar-refractivity contribution in [3.8, 4) is 11.5 Å². The van der Waals surface area contributed by atoms with E-state index in [4.69, 9.17) is 9.47 Å². The summed E-state index contributed by atoms with van der Waals surface area (Å²) < 4.78 is 38.8. The van der Waals surface area contributed by atoms with Crippen molar-refractivity contribution in [2.24, 2.45) is 0 Å². The highest BCUT2D eigenvalue weighted by molar-refractivity contribution is 7.88. The van der Waals surface area contributed by atoms with Crippen molar-refractivity contribution in [1.82, 2.24) is 13.9 Å². The smallest absolute Gasteiger partial charge is 0.211 e. The van der Waals surface area contributed by atoms with E-state index in [1.807, 2.05) is 18.3 Å². The summed E-state index contributed by atoms with van der Waals surface area (Å²) in [4.78, 5) is 4.59. The number of aryl methyl sites for hydroxylation is 2. The number of hydrogen-bond donors (Lipinski definition) is 0. The van der Waals surface area contributed by atoms with Gasteiger partial charge in [-0.05, 0) is 25.0 Å². The Bertz CT molecular complexity index is 824. The normalized spacial score (nSPS) is 14.3. The zero-order chi connectivity index (χ0) is 18.6. The maximum absolute atomic E-state index is 12.2. The quantitative estimate of drug-likeness (QED) is 0.702. The SMILES string of the molecule is COc1ccccc1OCCN(Cc1cn2c(n1)CCCC2)S(C)(=O)=O. The molecule has 2 heterocycles. The maximum atomic E-state index is 12.2. The molecule has 1 aliphatic rings. The number of ether oxygens (including phenoxy) is 2. The number of sulfonamides is 1. The lowest BCUT2D eigenvalue weighted by Gasteiger charge is -2.19. The van der Waals surface area contributed by atoms with Crippen LogP contribution in [-0.2, 0) is 29.5 Å². The first-order valence-corrected chi connectivity index (χ1v) is 10.6. The van der Waals surface area contributed by atoms with Gasteiger partial charge >= 0.3 is 0 Å². The van der Waals surface area contributed by atoms with Crippen LogP contribution >= 0.6 is 0 Å². The molecule has 1 aromatic carbocycles. The Morgan fingerprint density at radius 3 is 2.69 bits per heavy atom. The van der Waals surface area contributed by atoms with E-state index in [0.29, 0.717) is 11.5 Å². The van der Waals surface area contributed by atoms with E-state index in [1.54, 1.807) is 19.2 Å². The van der Waals surface area contributed by atoms with Gasteiger partial charge in [-0.25, -0.2) is 13.4 Å². The van der Waals surface area contributed by atoms with E-state index in [2.05, 4.69) is 9.55 Å². The molecule has 0 spiro atoms. The van der Waals surface area contributed by atoms with Gasteiger partial charge in [0.1, 0.15) is 12.4 Å². The molecule has 26 heavy (non-hydrogen) atoms. The Balaban J connectivity index is 1.64. The standard InChI is InChI=1S/C18H25N3O4S/c1-24-16-7-3-4-8-17(16)25-12-11-21(26(2,22)23)14-15-13-20-10-6-5-9-18(20)19-15/h3-4,7-8,13H,5-6,9-12,14H2,1-2H3. The molecule has 0 N–H and O–H groups in total. The van der Waals surface area contributed by atoms with Gasteiger partial charge in [-0.3, -0.25) is 0 Å². The van der Waals surface area contributed by atoms with Crippen LogP contribution in [0.3, 0.4) is 0 Å². The third kappa shape index (κ3) is 4.56. The molecule has 0 saturated heterocycles. The fraction of sp³-hybridized carbons (Fsp3) is 0.500. The lowest BCUT2D eigenvalue weighted by molar-refractivity contribution is 0.258. The van der Waals surface area contributed by atoms with Crippen LogP contribution in [0.1, 0.15) is 24.4 Å². The van der Waals surface area contributed by atoms with Gasteiger partial charge in [0.05, 0.1) is 25.6 Å². The monoisotopic (exact) mass is 379 g/mol. The number of aromatic nitrogens is 2. The van der Waals surface area contributed by atoms with Crippen LogP contribution in [0.25, 0.3) is 0 Å². The molecule has 2 aromatic rings. The summed E-state index contributed by atoms with van der Waals surface area (Å²) >= 11 is 0. The van der Waals surface area contributed by atoms with E-state index in [0.717, 1.165) is 37.3 Å². The van der Waals surface area contributed by atoms with Gasteiger partial charge in [0, 0.05) is 25.7 Å². The molecule has 0 amide bonds. The molecule has 142 valence electrons. The molecule has 1 aliphatic heterocycles. The molecule has 0 fully saturated rings. The molecule has 0 bridgehead atoms. The Morgan fingerprint density at radius 2 is 2.00 bits per heavy atom. The molecule has 0 saturated carbocycles. The molecule has 7 nitrogen and oxygen atoms in total. The van der Waals surface area contributed by atoms with Crippen molar-refractivity contribution in [3.63, 3.8) is 0 Å². The predicted molar refractivity (Wildman–Crippen MR) is 98.9 cm³/mol. The Morgan fingerprint density at radius 1 is 1.23 bits per heavy atom. The van der Waals surface area contributed by atoms with Crippen LogP contribution < -0.4 is 9.47 Å². The van der Waals surface area contributed by atoms with E-state index in [1.165, 1.54) is 10.6 Å². The number of fused-ring (bicyclic) bond motifs is 1. The zero-order valence-corrected chi connectivity index (χ0v) is 16.0. The van der Waals surface area contributed by atoms with Gasteiger partial charge in [-0.1, -0.05) is 12.1 Å². The number of methoxy groups -OCH3 is 1. The largest absolute Gasteiger partial charge is 0.493 e. The van der Waals surface area contributed by atoms with Crippen molar-refractivity contribution in [3.05, 3.63) is 42.0 Å². The number of benzene rings is 1. The van der Waals surface area contributed by atoms with Crippen LogP contribution in [0, 0.1) is 0 Å². The highest BCUT2D eigenvalue weighted by Crippen LogP contribution is 2.25. The minimum Gasteiger partial charge on any atom is -0.493 e. The van der Waals surface area contributed by atoms with Crippen LogP contribution in [0.15, 0.2) is 30.5 Å². The molecule has 0 aliphatic carbocycles. The average Bonchev–Trinajstić information content (AvgIpc) is 3.03. The van der Waals surface area contributed by atoms with E-state index in [-0.39, 0.29) is 19.7 Å². The molecular weight excluding hydrogens is 354 g/mol. The first-order valence-electron chi connectivity index (χ1n) is 8.73. The van der Waals surface area contributed by atoms with Crippen molar-refractivity contribution in [1.29, 1.82) is 0 Å². The summed E-state index contributed by atoms with van der Waals surface area (Å²) in [6.07, 6.45) is 6.42. The summed E-state index contributed by atoms with van der Waals surface area (Å²) in [5.74, 6) is 2.27. The van der Waals surface area contributed by atoms with Crippen LogP contribution in [-0.4, -0.2) is 48.8 Å². The van der Waals surface area contributed by atoms with Crippen LogP contribution in [0.4, 0.5) is 0 Å². The van der Waals surface area contributed by atoms with Gasteiger partial charge in [0.15, 0.2) is 11.5 Å². The summed E-state index contributed by atoms with van der Waals surface area (Å²) in [5, 5.41) is 0. The second-order valence-electron chi connectivity index (χ2n) is 6.39. The lowest BCUT2D eigenvalue weighted by Crippen LogP contribution is -2.33. The Hall–Kier alpha value is -2.06. The van der Waals surface area contributed by atoms with Crippen molar-refractivity contribution in [2.45, 2.75) is 32.4 Å². The Labute approximate surface area is 154 Å². The summed E-state index contributed by atoms with van der Waals surface area (Å²) in [7, 11) is -1.79. The van der Waals surface area contributed by atoms with Crippen LogP contribution in [0.5, 0.6) is 11.5 Å². The summed E-state index contributed by atoms with van der Waals surface area (Å²) in [5.41, 5.74) is 0.782. The fourth-order valence-corrected chi connectivity index (χ4v) is 3.86. The van der Waals surface area contributed by atoms with Gasteiger partial charge in [-0.2, -0.15) is 4.31 Å². The molecule has 0 unspecified atom stereocenters. The van der Waals surface area contributed by atoms with E-state index < -0.39 is 10.0 Å². The van der Waals surface area contributed by atoms with Crippen LogP contribution in [0.2, 0.25) is 0 Å². The van der Waals surface area contributed by atoms with Gasteiger partial charge in [-0.15, -0.1) is 0 Å². The van der Waals surface area contributed by atoms with Crippen molar-refractivity contribution in [2.75, 3.05) is 26.5 Å². The van der Waals surface area contributed by atoms with Gasteiger partial charge < -0.3 is 14.0 Å². The summed E-state index contributed by atoms with van der Waals surface area (Å²) in [6.45, 7) is 1.70. The number of imidazole rings is 1. The zero-order valence-electron chi connectivity index (χ0n) is 15.2. The summed E-state index contributed by atoms with van der Waals surface area (Å²) in [6, 6.07) is 7.31. The van der Waals surface area contributed by atoms with Gasteiger partial charge in [0.2, 0.25) is 10.0 Å². The topological polar surface area (TPSA) is 73.7 Å². The first-order chi connectivity index (χ1) is 12.5. The van der Waals surface area contributed by atoms with E-state index in [9.17, 15) is 8.42 Å². The predicted octanol–water partition coefficient (Wildman–Crippen LogP) is 2.07. The highest BCUT2D eigenvalue weighted by Gasteiger charge is 2.20. The highest BCUT2D eigenvalue weighted by atomic mass is 32.2. The molecular formula is C18H25N3O4S. The molecule has 3 rings (SSSR count). The third-order valence-corrected chi connectivity index (χ3v) is 5.68. The van der Waals surface area contributed by atoms with E-state index >= 15 is 0 Å². The van der Waals surface area contributed by atoms with Crippen molar-refractivity contribution < 1.29 is 17.9 Å². The first kappa shape index (κ1) is 18.7. The number of para-hydroxylation sites is 2. The number of nitrogens with zero attached hydrogens (tertiary/aromatic N) is 3. The van der Waals surface area contributed by atoms with Gasteiger partial charge in [0.25, 0.3) is 0 Å². The minimum absolute atomic E-state index is 0.237. The fourth-order valence-electron chi connectivity index (χ4n) is 3.09. The third-order valence-electron chi connectivity index (χ3n) is 4.43.